The first-order chi connectivity index (χ1) is 12.4. The summed E-state index contributed by atoms with van der Waals surface area (Å²) in [5, 5.41) is 22.8. The van der Waals surface area contributed by atoms with Crippen molar-refractivity contribution in [2.24, 2.45) is 0 Å². The van der Waals surface area contributed by atoms with Crippen molar-refractivity contribution in [2.45, 2.75) is 9.10 Å². The highest BCUT2D eigenvalue weighted by atomic mass is 32.2. The summed E-state index contributed by atoms with van der Waals surface area (Å²) >= 11 is 2.20. The van der Waals surface area contributed by atoms with Crippen LogP contribution in [-0.2, 0) is 0 Å². The van der Waals surface area contributed by atoms with Crippen molar-refractivity contribution in [3.63, 3.8) is 0 Å². The third kappa shape index (κ3) is 3.92. The van der Waals surface area contributed by atoms with Crippen molar-refractivity contribution < 1.29 is 19.2 Å². The minimum Gasteiger partial charge on any atom is -0.476 e. The molecule has 0 unspecified atom stereocenters. The van der Waals surface area contributed by atoms with Gasteiger partial charge in [0.1, 0.15) is 12.0 Å². The number of carboxylic acids is 1. The number of anilines is 2. The number of halogens is 1. The van der Waals surface area contributed by atoms with Crippen LogP contribution in [0.1, 0.15) is 10.5 Å². The van der Waals surface area contributed by atoms with Gasteiger partial charge in [0.15, 0.2) is 16.6 Å². The van der Waals surface area contributed by atoms with Gasteiger partial charge in [-0.2, -0.15) is 0 Å². The summed E-state index contributed by atoms with van der Waals surface area (Å²) in [7, 11) is 0. The number of pyridine rings is 2. The lowest BCUT2D eigenvalue weighted by Gasteiger charge is -2.02. The quantitative estimate of drug-likeness (QED) is 0.476. The minimum atomic E-state index is -1.44. The molecule has 0 atom stereocenters. The fourth-order valence-electron chi connectivity index (χ4n) is 1.80. The van der Waals surface area contributed by atoms with E-state index in [-0.39, 0.29) is 10.6 Å². The maximum absolute atomic E-state index is 14.1. The summed E-state index contributed by atoms with van der Waals surface area (Å²) in [6.07, 6.45) is 3.82. The molecule has 0 aliphatic heterocycles. The van der Waals surface area contributed by atoms with Crippen molar-refractivity contribution in [3.05, 3.63) is 58.4 Å². The second kappa shape index (κ2) is 7.41. The molecule has 0 aromatic carbocycles. The van der Waals surface area contributed by atoms with Crippen molar-refractivity contribution in [1.29, 1.82) is 0 Å². The van der Waals surface area contributed by atoms with Gasteiger partial charge >= 0.3 is 5.97 Å². The van der Waals surface area contributed by atoms with Gasteiger partial charge in [-0.3, -0.25) is 10.1 Å². The monoisotopic (exact) mass is 393 g/mol. The Kier molecular flexibility index (Phi) is 5.04. The maximum atomic E-state index is 14.1. The van der Waals surface area contributed by atoms with Crippen LogP contribution in [0.4, 0.5) is 21.0 Å². The predicted molar refractivity (Wildman–Crippen MR) is 91.6 cm³/mol. The Morgan fingerprint density at radius 2 is 2.08 bits per heavy atom. The molecule has 3 heterocycles. The number of hydrogen-bond donors (Lipinski definition) is 2. The molecular formula is C14H8FN5O4S2. The number of rotatable bonds is 6. The van der Waals surface area contributed by atoms with Gasteiger partial charge < -0.3 is 10.4 Å². The Balaban J connectivity index is 1.73. The van der Waals surface area contributed by atoms with E-state index in [1.54, 1.807) is 0 Å². The molecule has 0 aliphatic rings. The Bertz CT molecular complexity index is 980. The van der Waals surface area contributed by atoms with E-state index in [0.29, 0.717) is 15.2 Å². The number of thiazole rings is 1. The summed E-state index contributed by atoms with van der Waals surface area (Å²) in [5.41, 5.74) is -0.777. The molecule has 3 aromatic rings. The van der Waals surface area contributed by atoms with Crippen LogP contribution < -0.4 is 5.32 Å². The average molecular weight is 393 g/mol. The zero-order chi connectivity index (χ0) is 18.7. The molecule has 0 saturated carbocycles. The molecule has 0 spiro atoms. The van der Waals surface area contributed by atoms with E-state index in [4.69, 9.17) is 5.11 Å². The third-order valence-electron chi connectivity index (χ3n) is 2.95. The van der Waals surface area contributed by atoms with Crippen LogP contribution in [0.3, 0.4) is 0 Å². The van der Waals surface area contributed by atoms with E-state index >= 15 is 0 Å². The third-order valence-corrected chi connectivity index (χ3v) is 4.99. The smallest absolute Gasteiger partial charge is 0.357 e. The predicted octanol–water partition coefficient (Wildman–Crippen LogP) is 3.57. The minimum absolute atomic E-state index is 0.112. The van der Waals surface area contributed by atoms with Crippen molar-refractivity contribution in [3.8, 4) is 0 Å². The zero-order valence-corrected chi connectivity index (χ0v) is 14.3. The van der Waals surface area contributed by atoms with E-state index in [1.807, 2.05) is 0 Å². The molecule has 132 valence electrons. The normalized spacial score (nSPS) is 10.5. The fourth-order valence-corrected chi connectivity index (χ4v) is 3.67. The van der Waals surface area contributed by atoms with Gasteiger partial charge in [0.25, 0.3) is 5.69 Å². The van der Waals surface area contributed by atoms with Gasteiger partial charge in [0, 0.05) is 12.3 Å². The van der Waals surface area contributed by atoms with Gasteiger partial charge in [-0.05, 0) is 12.1 Å². The van der Waals surface area contributed by atoms with E-state index in [2.05, 4.69) is 20.3 Å². The van der Waals surface area contributed by atoms with Gasteiger partial charge in [-0.25, -0.2) is 24.1 Å². The van der Waals surface area contributed by atoms with E-state index in [1.165, 1.54) is 41.9 Å². The van der Waals surface area contributed by atoms with Crippen LogP contribution >= 0.6 is 23.1 Å². The first-order valence-corrected chi connectivity index (χ1v) is 8.46. The number of carbonyl (C=O) groups is 1. The number of nitrogens with zero attached hydrogens (tertiary/aromatic N) is 4. The molecule has 26 heavy (non-hydrogen) atoms. The lowest BCUT2D eigenvalue weighted by molar-refractivity contribution is -0.385. The Hall–Kier alpha value is -3.12. The summed E-state index contributed by atoms with van der Waals surface area (Å²) in [6.45, 7) is 0. The van der Waals surface area contributed by atoms with Crippen LogP contribution in [0.15, 0.2) is 45.9 Å². The Labute approximate surface area is 153 Å². The van der Waals surface area contributed by atoms with Crippen LogP contribution in [-0.4, -0.2) is 31.0 Å². The number of aromatic carboxylic acids is 1. The highest BCUT2D eigenvalue weighted by Crippen LogP contribution is 2.36. The van der Waals surface area contributed by atoms with E-state index in [0.717, 1.165) is 18.0 Å². The van der Waals surface area contributed by atoms with Crippen molar-refractivity contribution in [2.75, 3.05) is 5.32 Å². The first kappa shape index (κ1) is 17.7. The zero-order valence-electron chi connectivity index (χ0n) is 12.6. The lowest BCUT2D eigenvalue weighted by Crippen LogP contribution is -2.04. The number of hydrogen-bond acceptors (Lipinski definition) is 9. The molecule has 12 heteroatoms. The molecule has 2 N–H and O–H groups in total. The maximum Gasteiger partial charge on any atom is 0.357 e. The summed E-state index contributed by atoms with van der Waals surface area (Å²) in [5.74, 6) is -1.99. The molecule has 3 aromatic heterocycles. The van der Waals surface area contributed by atoms with Crippen LogP contribution in [0.2, 0.25) is 0 Å². The Morgan fingerprint density at radius 1 is 1.27 bits per heavy atom. The van der Waals surface area contributed by atoms with Gasteiger partial charge in [0.2, 0.25) is 0 Å². The Morgan fingerprint density at radius 3 is 2.73 bits per heavy atom. The molecule has 0 bridgehead atoms. The number of nitro groups is 1. The van der Waals surface area contributed by atoms with Crippen molar-refractivity contribution in [1.82, 2.24) is 15.0 Å². The largest absolute Gasteiger partial charge is 0.476 e. The van der Waals surface area contributed by atoms with Gasteiger partial charge in [-0.15, -0.1) is 0 Å². The van der Waals surface area contributed by atoms with Crippen molar-refractivity contribution >= 4 is 45.7 Å². The molecule has 9 nitrogen and oxygen atoms in total. The summed E-state index contributed by atoms with van der Waals surface area (Å²) in [4.78, 5) is 32.6. The van der Waals surface area contributed by atoms with E-state index < -0.39 is 22.4 Å². The lowest BCUT2D eigenvalue weighted by atomic mass is 10.3. The van der Waals surface area contributed by atoms with Crippen LogP contribution in [0, 0.1) is 15.9 Å². The molecule has 0 amide bonds. The number of aromatic nitrogens is 3. The summed E-state index contributed by atoms with van der Waals surface area (Å²) < 4.78 is 14.7. The van der Waals surface area contributed by atoms with E-state index in [9.17, 15) is 19.3 Å². The second-order valence-electron chi connectivity index (χ2n) is 4.65. The molecule has 0 aliphatic carbocycles. The van der Waals surface area contributed by atoms with Crippen LogP contribution in [0.25, 0.3) is 0 Å². The highest BCUT2D eigenvalue weighted by Gasteiger charge is 2.17. The molecule has 0 radical (unpaired) electrons. The molecule has 3 rings (SSSR count). The van der Waals surface area contributed by atoms with Crippen LogP contribution in [0.5, 0.6) is 0 Å². The molecule has 0 saturated heterocycles. The second-order valence-corrected chi connectivity index (χ2v) is 7.02. The fraction of sp³-hybridized carbons (Fsp3) is 0. The number of nitrogens with one attached hydrogen (secondary N) is 1. The molecular weight excluding hydrogens is 385 g/mol. The van der Waals surface area contributed by atoms with Gasteiger partial charge in [0.05, 0.1) is 20.2 Å². The highest BCUT2D eigenvalue weighted by molar-refractivity contribution is 8.01. The average Bonchev–Trinajstić information content (AvgIpc) is 3.04. The summed E-state index contributed by atoms with van der Waals surface area (Å²) in [6, 6.07) is 4.11. The standard InChI is InChI=1S/C14H8FN5O4S2/c15-11-8(3-4-16-12(11)13(21)22)25-10-6-18-14(26-10)19-9-2-1-7(5-17-9)20(23)24/h1-6H,(H,21,22)(H,17,18,19). The first-order valence-electron chi connectivity index (χ1n) is 6.83. The number of carboxylic acid groups (broad SMARTS) is 1. The SMILES string of the molecule is O=C(O)c1nccc(Sc2cnc(Nc3ccc([N+](=O)[O-])cn3)s2)c1F. The topological polar surface area (TPSA) is 131 Å². The van der Waals surface area contributed by atoms with Gasteiger partial charge in [-0.1, -0.05) is 23.1 Å². The molecule has 0 fully saturated rings.